The van der Waals surface area contributed by atoms with Gasteiger partial charge in [0.25, 0.3) is 0 Å². The van der Waals surface area contributed by atoms with Gasteiger partial charge in [-0.1, -0.05) is 11.6 Å². The lowest BCUT2D eigenvalue weighted by molar-refractivity contribution is -0.125. The van der Waals surface area contributed by atoms with E-state index in [4.69, 9.17) is 16.7 Å². The van der Waals surface area contributed by atoms with Crippen LogP contribution in [-0.2, 0) is 4.79 Å². The summed E-state index contributed by atoms with van der Waals surface area (Å²) in [6.07, 6.45) is 4.46. The monoisotopic (exact) mass is 375 g/mol. The molecule has 0 aliphatic heterocycles. The second-order valence-corrected chi connectivity index (χ2v) is 6.52. The summed E-state index contributed by atoms with van der Waals surface area (Å²) in [5, 5.41) is 15.3. The molecule has 2 rings (SSSR count). The van der Waals surface area contributed by atoms with Crippen LogP contribution in [0.4, 0.5) is 5.82 Å². The number of hydrogen-bond acceptors (Lipinski definition) is 4. The number of anilines is 1. The number of aliphatic hydroxyl groups excluding tert-OH is 1. The van der Waals surface area contributed by atoms with Gasteiger partial charge in [-0.15, -0.1) is 0 Å². The number of carbonyl (C=O) groups excluding carboxylic acids is 1. The van der Waals surface area contributed by atoms with Crippen molar-refractivity contribution in [3.63, 3.8) is 0 Å². The van der Waals surface area contributed by atoms with Crippen LogP contribution in [0.25, 0.3) is 0 Å². The summed E-state index contributed by atoms with van der Waals surface area (Å²) in [7, 11) is 0. The van der Waals surface area contributed by atoms with Gasteiger partial charge < -0.3 is 15.7 Å². The fourth-order valence-electron chi connectivity index (χ4n) is 2.58. The van der Waals surface area contributed by atoms with E-state index in [-0.39, 0.29) is 18.4 Å². The van der Waals surface area contributed by atoms with Crippen molar-refractivity contribution in [1.82, 2.24) is 10.3 Å². The number of carbonyl (C=O) groups is 1. The molecule has 0 aromatic carbocycles. The zero-order chi connectivity index (χ0) is 15.2. The van der Waals surface area contributed by atoms with Crippen LogP contribution in [0.2, 0.25) is 5.02 Å². The van der Waals surface area contributed by atoms with Crippen LogP contribution in [0.5, 0.6) is 0 Å². The van der Waals surface area contributed by atoms with E-state index in [2.05, 4.69) is 31.5 Å². The van der Waals surface area contributed by atoms with Gasteiger partial charge >= 0.3 is 0 Å². The summed E-state index contributed by atoms with van der Waals surface area (Å²) in [6.45, 7) is 1.10. The predicted molar refractivity (Wildman–Crippen MR) is 86.4 cm³/mol. The van der Waals surface area contributed by atoms with Gasteiger partial charge in [0.15, 0.2) is 0 Å². The molecule has 1 aliphatic rings. The van der Waals surface area contributed by atoms with Gasteiger partial charge in [-0.2, -0.15) is 0 Å². The molecule has 1 amide bonds. The maximum atomic E-state index is 11.8. The van der Waals surface area contributed by atoms with Gasteiger partial charge in [0.05, 0.1) is 16.1 Å². The van der Waals surface area contributed by atoms with Gasteiger partial charge in [0, 0.05) is 31.3 Å². The molecule has 2 atom stereocenters. The average Bonchev–Trinajstić information content (AvgIpc) is 2.95. The molecule has 3 N–H and O–H groups in total. The molecule has 1 aromatic heterocycles. The highest BCUT2D eigenvalue weighted by Crippen LogP contribution is 2.31. The lowest BCUT2D eigenvalue weighted by atomic mass is 10.0. The van der Waals surface area contributed by atoms with Gasteiger partial charge in [-0.25, -0.2) is 4.98 Å². The Balaban J connectivity index is 1.77. The number of rotatable bonds is 6. The van der Waals surface area contributed by atoms with E-state index in [0.717, 1.165) is 36.1 Å². The molecule has 0 radical (unpaired) electrons. The van der Waals surface area contributed by atoms with Crippen LogP contribution < -0.4 is 10.6 Å². The molecule has 1 saturated carbocycles. The zero-order valence-electron chi connectivity index (χ0n) is 11.6. The highest BCUT2D eigenvalue weighted by molar-refractivity contribution is 9.10. The first-order valence-corrected chi connectivity index (χ1v) is 8.20. The van der Waals surface area contributed by atoms with Gasteiger partial charge in [0.2, 0.25) is 5.91 Å². The second kappa shape index (κ2) is 7.96. The fraction of sp³-hybridized carbons (Fsp3) is 0.571. The summed E-state index contributed by atoms with van der Waals surface area (Å²) in [5.41, 5.74) is 0. The van der Waals surface area contributed by atoms with Crippen LogP contribution in [0.15, 0.2) is 16.7 Å². The standard InChI is InChI=1S/C14H19BrClN3O2/c15-11-8-19-13(6-12(11)16)18-7-9-1-2-10(5-9)14(21)17-3-4-20/h6,8-10,20H,1-5,7H2,(H,17,21)(H,18,19). The Bertz CT molecular complexity index is 501. The summed E-state index contributed by atoms with van der Waals surface area (Å²) in [4.78, 5) is 16.1. The van der Waals surface area contributed by atoms with Crippen molar-refractivity contribution >= 4 is 39.3 Å². The smallest absolute Gasteiger partial charge is 0.223 e. The number of pyridine rings is 1. The topological polar surface area (TPSA) is 74.2 Å². The number of nitrogens with one attached hydrogen (secondary N) is 2. The molecule has 21 heavy (non-hydrogen) atoms. The highest BCUT2D eigenvalue weighted by atomic mass is 79.9. The van der Waals surface area contributed by atoms with E-state index in [1.54, 1.807) is 12.3 Å². The number of amides is 1. The number of aliphatic hydroxyl groups is 1. The average molecular weight is 377 g/mol. The predicted octanol–water partition coefficient (Wildman–Crippen LogP) is 2.43. The Labute approximate surface area is 137 Å². The molecule has 5 nitrogen and oxygen atoms in total. The lowest BCUT2D eigenvalue weighted by Crippen LogP contribution is -2.31. The van der Waals surface area contributed by atoms with Crippen LogP contribution in [0.3, 0.4) is 0 Å². The second-order valence-electron chi connectivity index (χ2n) is 5.26. The minimum Gasteiger partial charge on any atom is -0.395 e. The minimum atomic E-state index is -0.0144. The minimum absolute atomic E-state index is 0.0144. The Morgan fingerprint density at radius 3 is 3.05 bits per heavy atom. The third kappa shape index (κ3) is 4.83. The first-order chi connectivity index (χ1) is 10.1. The summed E-state index contributed by atoms with van der Waals surface area (Å²) in [6, 6.07) is 1.78. The van der Waals surface area contributed by atoms with Crippen LogP contribution in [0, 0.1) is 11.8 Å². The zero-order valence-corrected chi connectivity index (χ0v) is 14.0. The summed E-state index contributed by atoms with van der Waals surface area (Å²) < 4.78 is 0.774. The van der Waals surface area contributed by atoms with Crippen molar-refractivity contribution < 1.29 is 9.90 Å². The van der Waals surface area contributed by atoms with E-state index < -0.39 is 0 Å². The van der Waals surface area contributed by atoms with E-state index in [1.807, 2.05) is 0 Å². The maximum absolute atomic E-state index is 11.8. The fourth-order valence-corrected chi connectivity index (χ4v) is 2.95. The van der Waals surface area contributed by atoms with Crippen molar-refractivity contribution in [1.29, 1.82) is 0 Å². The first kappa shape index (κ1) is 16.5. The molecule has 0 saturated heterocycles. The van der Waals surface area contributed by atoms with Crippen molar-refractivity contribution in [3.8, 4) is 0 Å². The highest BCUT2D eigenvalue weighted by Gasteiger charge is 2.29. The summed E-state index contributed by atoms with van der Waals surface area (Å²) >= 11 is 9.33. The van der Waals surface area contributed by atoms with E-state index in [0.29, 0.717) is 17.5 Å². The van der Waals surface area contributed by atoms with E-state index >= 15 is 0 Å². The summed E-state index contributed by atoms with van der Waals surface area (Å²) in [5.74, 6) is 1.32. The Hall–Kier alpha value is -0.850. The molecule has 7 heteroatoms. The molecule has 2 unspecified atom stereocenters. The molecular weight excluding hydrogens is 358 g/mol. The Morgan fingerprint density at radius 1 is 1.52 bits per heavy atom. The molecule has 0 bridgehead atoms. The van der Waals surface area contributed by atoms with Crippen molar-refractivity contribution in [2.45, 2.75) is 19.3 Å². The molecular formula is C14H19BrClN3O2. The quantitative estimate of drug-likeness (QED) is 0.713. The number of aromatic nitrogens is 1. The van der Waals surface area contributed by atoms with Crippen LogP contribution >= 0.6 is 27.5 Å². The molecule has 0 spiro atoms. The normalized spacial score (nSPS) is 21.3. The van der Waals surface area contributed by atoms with E-state index in [1.165, 1.54) is 0 Å². The third-order valence-corrected chi connectivity index (χ3v) is 4.88. The number of hydrogen-bond donors (Lipinski definition) is 3. The van der Waals surface area contributed by atoms with Crippen LogP contribution in [-0.4, -0.2) is 35.7 Å². The number of halogens is 2. The molecule has 116 valence electrons. The molecule has 1 aliphatic carbocycles. The molecule has 1 fully saturated rings. The van der Waals surface area contributed by atoms with Gasteiger partial charge in [0.1, 0.15) is 5.82 Å². The van der Waals surface area contributed by atoms with Crippen molar-refractivity contribution in [2.75, 3.05) is 25.0 Å². The SMILES string of the molecule is O=C(NCCO)C1CCC(CNc2cc(Cl)c(Br)cn2)C1. The van der Waals surface area contributed by atoms with Crippen LogP contribution in [0.1, 0.15) is 19.3 Å². The third-order valence-electron chi connectivity index (χ3n) is 3.70. The number of nitrogens with zero attached hydrogens (tertiary/aromatic N) is 1. The van der Waals surface area contributed by atoms with E-state index in [9.17, 15) is 4.79 Å². The van der Waals surface area contributed by atoms with Gasteiger partial charge in [-0.05, 0) is 41.1 Å². The Kier molecular flexibility index (Phi) is 6.26. The van der Waals surface area contributed by atoms with Crippen molar-refractivity contribution in [2.24, 2.45) is 11.8 Å². The van der Waals surface area contributed by atoms with Gasteiger partial charge in [-0.3, -0.25) is 4.79 Å². The Morgan fingerprint density at radius 2 is 2.33 bits per heavy atom. The maximum Gasteiger partial charge on any atom is 0.223 e. The lowest BCUT2D eigenvalue weighted by Gasteiger charge is -2.13. The van der Waals surface area contributed by atoms with Crippen molar-refractivity contribution in [3.05, 3.63) is 21.8 Å². The largest absolute Gasteiger partial charge is 0.395 e. The molecule has 1 aromatic rings. The molecule has 1 heterocycles. The first-order valence-electron chi connectivity index (χ1n) is 7.03.